The molecule has 0 aliphatic carbocycles. The average Bonchev–Trinajstić information content (AvgIpc) is 3.28. The van der Waals surface area contributed by atoms with Crippen molar-refractivity contribution in [3.63, 3.8) is 0 Å². The molecular formula is C27H29N3O4. The summed E-state index contributed by atoms with van der Waals surface area (Å²) in [6, 6.07) is 11.9. The lowest BCUT2D eigenvalue weighted by atomic mass is 9.83. The first-order valence-corrected chi connectivity index (χ1v) is 11.5. The Hall–Kier alpha value is -3.74. The minimum atomic E-state index is -0.427. The van der Waals surface area contributed by atoms with E-state index in [1.807, 2.05) is 30.3 Å². The van der Waals surface area contributed by atoms with Gasteiger partial charge in [-0.25, -0.2) is 0 Å². The number of para-hydroxylation sites is 1. The molecule has 1 N–H and O–H groups in total. The number of aromatic nitrogens is 1. The number of anilines is 1. The van der Waals surface area contributed by atoms with Gasteiger partial charge in [-0.1, -0.05) is 32.0 Å². The quantitative estimate of drug-likeness (QED) is 0.608. The Morgan fingerprint density at radius 1 is 1.12 bits per heavy atom. The SMILES string of the molecule is COc1cccc(C2C3=C(CN(C(C)=O)C3=O)Nc3cccc4c3c2cn4CC(C)C)c1OC. The van der Waals surface area contributed by atoms with E-state index < -0.39 is 5.92 Å². The van der Waals surface area contributed by atoms with Crippen molar-refractivity contribution in [2.24, 2.45) is 5.92 Å². The van der Waals surface area contributed by atoms with Crippen LogP contribution in [0.25, 0.3) is 10.9 Å². The van der Waals surface area contributed by atoms with Gasteiger partial charge in [-0.15, -0.1) is 0 Å². The van der Waals surface area contributed by atoms with Crippen LogP contribution >= 0.6 is 0 Å². The van der Waals surface area contributed by atoms with E-state index in [1.165, 1.54) is 11.8 Å². The molecule has 176 valence electrons. The number of nitrogens with zero attached hydrogens (tertiary/aromatic N) is 2. The Labute approximate surface area is 198 Å². The Balaban J connectivity index is 1.84. The van der Waals surface area contributed by atoms with E-state index in [0.29, 0.717) is 23.0 Å². The van der Waals surface area contributed by atoms with E-state index in [0.717, 1.165) is 40.0 Å². The molecule has 0 fully saturated rings. The third-order valence-corrected chi connectivity index (χ3v) is 6.62. The van der Waals surface area contributed by atoms with Gasteiger partial charge in [0.1, 0.15) is 0 Å². The normalized spacial score (nSPS) is 17.2. The summed E-state index contributed by atoms with van der Waals surface area (Å²) >= 11 is 0. The largest absolute Gasteiger partial charge is 0.493 e. The molecule has 2 aliphatic heterocycles. The predicted molar refractivity (Wildman–Crippen MR) is 131 cm³/mol. The van der Waals surface area contributed by atoms with Crippen LogP contribution in [0.4, 0.5) is 5.69 Å². The number of nitrogens with one attached hydrogen (secondary N) is 1. The second kappa shape index (κ2) is 8.24. The maximum Gasteiger partial charge on any atom is 0.259 e. The zero-order valence-electron chi connectivity index (χ0n) is 20.1. The molecule has 3 heterocycles. The van der Waals surface area contributed by atoms with Gasteiger partial charge in [0.15, 0.2) is 11.5 Å². The molecule has 0 radical (unpaired) electrons. The molecule has 1 aromatic heterocycles. The number of benzene rings is 2. The van der Waals surface area contributed by atoms with Gasteiger partial charge >= 0.3 is 0 Å². The van der Waals surface area contributed by atoms with Crippen molar-refractivity contribution < 1.29 is 19.1 Å². The number of carbonyl (C=O) groups excluding carboxylic acids is 2. The minimum absolute atomic E-state index is 0.221. The maximum atomic E-state index is 13.7. The molecule has 5 rings (SSSR count). The third kappa shape index (κ3) is 3.26. The number of rotatable bonds is 5. The molecule has 34 heavy (non-hydrogen) atoms. The van der Waals surface area contributed by atoms with Crippen LogP contribution in [0.3, 0.4) is 0 Å². The molecule has 3 aromatic rings. The molecule has 1 unspecified atom stereocenters. The second-order valence-corrected chi connectivity index (χ2v) is 9.27. The minimum Gasteiger partial charge on any atom is -0.493 e. The topological polar surface area (TPSA) is 72.8 Å². The smallest absolute Gasteiger partial charge is 0.259 e. The van der Waals surface area contributed by atoms with E-state index in [9.17, 15) is 9.59 Å². The molecule has 2 aromatic carbocycles. The maximum absolute atomic E-state index is 13.7. The Kier molecular flexibility index (Phi) is 5.35. The fourth-order valence-corrected chi connectivity index (χ4v) is 5.28. The fourth-order valence-electron chi connectivity index (χ4n) is 5.28. The Morgan fingerprint density at radius 2 is 1.88 bits per heavy atom. The number of methoxy groups -OCH3 is 2. The highest BCUT2D eigenvalue weighted by atomic mass is 16.5. The van der Waals surface area contributed by atoms with Gasteiger partial charge < -0.3 is 19.4 Å². The Bertz CT molecular complexity index is 1350. The first-order chi connectivity index (χ1) is 16.3. The number of amides is 2. The standard InChI is InChI=1S/C27H29N3O4/c1-15(2)12-29-13-18-23(17-8-6-11-22(33-4)26(17)34-5)25-20(14-30(16(3)31)27(25)32)28-19-9-7-10-21(29)24(18)19/h6-11,13,15,23,28H,12,14H2,1-5H3. The highest BCUT2D eigenvalue weighted by molar-refractivity contribution is 6.11. The monoisotopic (exact) mass is 459 g/mol. The lowest BCUT2D eigenvalue weighted by Crippen LogP contribution is -2.33. The average molecular weight is 460 g/mol. The van der Waals surface area contributed by atoms with Gasteiger partial charge in [0.25, 0.3) is 5.91 Å². The molecule has 1 atom stereocenters. The lowest BCUT2D eigenvalue weighted by molar-refractivity contribution is -0.139. The molecule has 2 amide bonds. The molecular weight excluding hydrogens is 430 g/mol. The van der Waals surface area contributed by atoms with Gasteiger partial charge in [0, 0.05) is 47.9 Å². The fraction of sp³-hybridized carbons (Fsp3) is 0.333. The van der Waals surface area contributed by atoms with Crippen LogP contribution in [-0.2, 0) is 16.1 Å². The summed E-state index contributed by atoms with van der Waals surface area (Å²) in [4.78, 5) is 27.3. The molecule has 2 aliphatic rings. The molecule has 7 nitrogen and oxygen atoms in total. The first-order valence-electron chi connectivity index (χ1n) is 11.5. The van der Waals surface area contributed by atoms with Crippen LogP contribution in [0, 0.1) is 5.92 Å². The molecule has 0 spiro atoms. The van der Waals surface area contributed by atoms with Crippen molar-refractivity contribution in [3.8, 4) is 11.5 Å². The van der Waals surface area contributed by atoms with Gasteiger partial charge in [-0.05, 0) is 29.7 Å². The number of ether oxygens (including phenoxy) is 2. The van der Waals surface area contributed by atoms with Crippen LogP contribution in [0.1, 0.15) is 37.8 Å². The van der Waals surface area contributed by atoms with Crippen LogP contribution in [0.5, 0.6) is 11.5 Å². The summed E-state index contributed by atoms with van der Waals surface area (Å²) < 4.78 is 13.7. The number of imide groups is 1. The van der Waals surface area contributed by atoms with E-state index in [1.54, 1.807) is 14.2 Å². The van der Waals surface area contributed by atoms with Crippen molar-refractivity contribution in [1.29, 1.82) is 0 Å². The van der Waals surface area contributed by atoms with Crippen LogP contribution in [-0.4, -0.2) is 42.0 Å². The number of hydrogen-bond acceptors (Lipinski definition) is 5. The zero-order chi connectivity index (χ0) is 24.1. The summed E-state index contributed by atoms with van der Waals surface area (Å²) in [6.45, 7) is 6.87. The van der Waals surface area contributed by atoms with Gasteiger partial charge in [0.2, 0.25) is 5.91 Å². The van der Waals surface area contributed by atoms with Crippen LogP contribution in [0.2, 0.25) is 0 Å². The van der Waals surface area contributed by atoms with Crippen LogP contribution < -0.4 is 14.8 Å². The number of hydrogen-bond donors (Lipinski definition) is 1. The lowest BCUT2D eigenvalue weighted by Gasteiger charge is -2.22. The van der Waals surface area contributed by atoms with Gasteiger partial charge in [0.05, 0.1) is 31.9 Å². The van der Waals surface area contributed by atoms with Crippen LogP contribution in [0.15, 0.2) is 53.9 Å². The molecule has 7 heteroatoms. The van der Waals surface area contributed by atoms with Crippen molar-refractivity contribution in [2.45, 2.75) is 33.2 Å². The van der Waals surface area contributed by atoms with E-state index in [2.05, 4.69) is 36.0 Å². The molecule has 0 saturated heterocycles. The summed E-state index contributed by atoms with van der Waals surface area (Å²) in [6.07, 6.45) is 2.15. The summed E-state index contributed by atoms with van der Waals surface area (Å²) in [5.41, 5.74) is 5.20. The summed E-state index contributed by atoms with van der Waals surface area (Å²) in [5, 5.41) is 4.59. The second-order valence-electron chi connectivity index (χ2n) is 9.27. The first kappa shape index (κ1) is 22.1. The van der Waals surface area contributed by atoms with Crippen molar-refractivity contribution in [1.82, 2.24) is 9.47 Å². The van der Waals surface area contributed by atoms with Crippen molar-refractivity contribution in [2.75, 3.05) is 26.1 Å². The summed E-state index contributed by atoms with van der Waals surface area (Å²) in [7, 11) is 3.21. The predicted octanol–water partition coefficient (Wildman–Crippen LogP) is 4.51. The van der Waals surface area contributed by atoms with E-state index in [-0.39, 0.29) is 18.4 Å². The molecule has 0 saturated carbocycles. The number of carbonyl (C=O) groups is 2. The highest BCUT2D eigenvalue weighted by Gasteiger charge is 2.42. The summed E-state index contributed by atoms with van der Waals surface area (Å²) in [5.74, 6) is 0.654. The van der Waals surface area contributed by atoms with E-state index >= 15 is 0 Å². The Morgan fingerprint density at radius 3 is 2.56 bits per heavy atom. The zero-order valence-corrected chi connectivity index (χ0v) is 20.1. The van der Waals surface area contributed by atoms with Gasteiger partial charge in [-0.3, -0.25) is 14.5 Å². The van der Waals surface area contributed by atoms with Crippen molar-refractivity contribution in [3.05, 3.63) is 65.0 Å². The molecule has 0 bridgehead atoms. The highest BCUT2D eigenvalue weighted by Crippen LogP contribution is 2.50. The van der Waals surface area contributed by atoms with E-state index in [4.69, 9.17) is 9.47 Å². The van der Waals surface area contributed by atoms with Crippen molar-refractivity contribution >= 4 is 28.4 Å². The third-order valence-electron chi connectivity index (χ3n) is 6.62. The van der Waals surface area contributed by atoms with Gasteiger partial charge in [-0.2, -0.15) is 0 Å².